The van der Waals surface area contributed by atoms with Crippen LogP contribution >= 0.6 is 15.9 Å². The molecule has 1 aromatic rings. The molecule has 0 aliphatic rings. The summed E-state index contributed by atoms with van der Waals surface area (Å²) in [6.45, 7) is 16.4. The Kier molecular flexibility index (Phi) is 6.44. The summed E-state index contributed by atoms with van der Waals surface area (Å²) in [5.74, 6) is 0. The van der Waals surface area contributed by atoms with Crippen LogP contribution in [-0.4, -0.2) is 6.61 Å². The van der Waals surface area contributed by atoms with Gasteiger partial charge in [0.05, 0.1) is 6.61 Å². The van der Waals surface area contributed by atoms with Gasteiger partial charge in [-0.05, 0) is 31.5 Å². The Labute approximate surface area is 131 Å². The number of hydrogen-bond acceptors (Lipinski definition) is 1. The molecule has 1 rings (SSSR count). The molecule has 0 atom stereocenters. The van der Waals surface area contributed by atoms with Crippen LogP contribution in [0.15, 0.2) is 65.7 Å². The molecule has 0 aromatic heterocycles. The highest BCUT2D eigenvalue weighted by molar-refractivity contribution is 9.10. The fraction of sp³-hybridized carbons (Fsp3) is 0.333. The van der Waals surface area contributed by atoms with Crippen LogP contribution in [0.5, 0.6) is 0 Å². The number of ether oxygens (including phenoxy) is 1. The van der Waals surface area contributed by atoms with Crippen molar-refractivity contribution in [3.8, 4) is 0 Å². The molecule has 0 aliphatic carbocycles. The average molecular weight is 335 g/mol. The average Bonchev–Trinajstić information content (AvgIpc) is 2.35. The second-order valence-corrected chi connectivity index (χ2v) is 6.28. The second-order valence-electron chi connectivity index (χ2n) is 5.37. The molecule has 1 nitrogen and oxygen atoms in total. The SMILES string of the molecule is C=CCOC(CC(=C)C)(CC(=C)C)c1ccc(Br)cc1. The van der Waals surface area contributed by atoms with E-state index >= 15 is 0 Å². The third-order valence-corrected chi connectivity index (χ3v) is 3.55. The number of rotatable bonds is 8. The quantitative estimate of drug-likeness (QED) is 0.547. The van der Waals surface area contributed by atoms with Crippen LogP contribution in [0.1, 0.15) is 32.3 Å². The molecule has 0 radical (unpaired) electrons. The maximum absolute atomic E-state index is 6.17. The normalized spacial score (nSPS) is 11.2. The van der Waals surface area contributed by atoms with Gasteiger partial charge in [0.1, 0.15) is 5.60 Å². The van der Waals surface area contributed by atoms with Crippen molar-refractivity contribution < 1.29 is 4.74 Å². The molecule has 108 valence electrons. The van der Waals surface area contributed by atoms with Crippen molar-refractivity contribution >= 4 is 15.9 Å². The third kappa shape index (κ3) is 4.77. The minimum atomic E-state index is -0.410. The molecule has 20 heavy (non-hydrogen) atoms. The van der Waals surface area contributed by atoms with Gasteiger partial charge in [0.25, 0.3) is 0 Å². The summed E-state index contributed by atoms with van der Waals surface area (Å²) in [7, 11) is 0. The largest absolute Gasteiger partial charge is 0.366 e. The van der Waals surface area contributed by atoms with Gasteiger partial charge in [-0.2, -0.15) is 0 Å². The van der Waals surface area contributed by atoms with Gasteiger partial charge in [-0.3, -0.25) is 0 Å². The zero-order valence-electron chi connectivity index (χ0n) is 12.4. The minimum Gasteiger partial charge on any atom is -0.366 e. The lowest BCUT2D eigenvalue weighted by atomic mass is 9.82. The van der Waals surface area contributed by atoms with Gasteiger partial charge in [-0.1, -0.05) is 45.3 Å². The van der Waals surface area contributed by atoms with Crippen molar-refractivity contribution in [3.63, 3.8) is 0 Å². The topological polar surface area (TPSA) is 9.23 Å². The lowest BCUT2D eigenvalue weighted by Gasteiger charge is -2.35. The van der Waals surface area contributed by atoms with Crippen molar-refractivity contribution in [2.75, 3.05) is 6.61 Å². The zero-order chi connectivity index (χ0) is 15.2. The van der Waals surface area contributed by atoms with E-state index in [1.54, 1.807) is 6.08 Å². The van der Waals surface area contributed by atoms with E-state index in [9.17, 15) is 0 Å². The first-order valence-electron chi connectivity index (χ1n) is 6.69. The Balaban J connectivity index is 3.24. The molecule has 0 heterocycles. The lowest BCUT2D eigenvalue weighted by molar-refractivity contribution is -0.0355. The summed E-state index contributed by atoms with van der Waals surface area (Å²) in [6, 6.07) is 8.27. The Hall–Kier alpha value is -1.12. The van der Waals surface area contributed by atoms with Crippen molar-refractivity contribution in [2.24, 2.45) is 0 Å². The van der Waals surface area contributed by atoms with Gasteiger partial charge in [-0.15, -0.1) is 19.7 Å². The van der Waals surface area contributed by atoms with Gasteiger partial charge in [-0.25, -0.2) is 0 Å². The van der Waals surface area contributed by atoms with E-state index in [-0.39, 0.29) is 0 Å². The van der Waals surface area contributed by atoms with Crippen LogP contribution in [-0.2, 0) is 10.3 Å². The summed E-state index contributed by atoms with van der Waals surface area (Å²) in [5.41, 5.74) is 2.93. The number of halogens is 1. The first kappa shape index (κ1) is 16.9. The van der Waals surface area contributed by atoms with Crippen LogP contribution in [0.3, 0.4) is 0 Å². The first-order chi connectivity index (χ1) is 9.39. The second kappa shape index (κ2) is 7.61. The van der Waals surface area contributed by atoms with Crippen LogP contribution < -0.4 is 0 Å². The van der Waals surface area contributed by atoms with E-state index in [2.05, 4.69) is 47.8 Å². The molecule has 0 fully saturated rings. The van der Waals surface area contributed by atoms with Crippen molar-refractivity contribution in [2.45, 2.75) is 32.3 Å². The van der Waals surface area contributed by atoms with E-state index in [1.807, 2.05) is 26.0 Å². The van der Waals surface area contributed by atoms with E-state index in [4.69, 9.17) is 4.74 Å². The predicted octanol–water partition coefficient (Wildman–Crippen LogP) is 5.78. The van der Waals surface area contributed by atoms with E-state index < -0.39 is 5.60 Å². The summed E-state index contributed by atoms with van der Waals surface area (Å²) < 4.78 is 7.23. The van der Waals surface area contributed by atoms with Gasteiger partial charge >= 0.3 is 0 Å². The van der Waals surface area contributed by atoms with Crippen molar-refractivity contribution in [1.82, 2.24) is 0 Å². The molecule has 1 aromatic carbocycles. The van der Waals surface area contributed by atoms with Crippen LogP contribution in [0.4, 0.5) is 0 Å². The van der Waals surface area contributed by atoms with Gasteiger partial charge < -0.3 is 4.74 Å². The highest BCUT2D eigenvalue weighted by Crippen LogP contribution is 2.38. The molecule has 0 unspecified atom stereocenters. The van der Waals surface area contributed by atoms with E-state index in [0.29, 0.717) is 6.61 Å². The first-order valence-corrected chi connectivity index (χ1v) is 7.48. The Bertz CT molecular complexity index is 469. The fourth-order valence-corrected chi connectivity index (χ4v) is 2.66. The van der Waals surface area contributed by atoms with Gasteiger partial charge in [0, 0.05) is 17.3 Å². The third-order valence-electron chi connectivity index (χ3n) is 3.02. The monoisotopic (exact) mass is 334 g/mol. The Morgan fingerprint density at radius 3 is 2.05 bits per heavy atom. The Morgan fingerprint density at radius 1 is 1.15 bits per heavy atom. The molecule has 0 saturated heterocycles. The maximum atomic E-state index is 6.17. The summed E-state index contributed by atoms with van der Waals surface area (Å²) in [4.78, 5) is 0. The van der Waals surface area contributed by atoms with E-state index in [1.165, 1.54) is 0 Å². The molecule has 0 N–H and O–H groups in total. The molecular formula is C18H23BrO. The predicted molar refractivity (Wildman–Crippen MR) is 90.8 cm³/mol. The molecule has 0 amide bonds. The molecule has 0 aliphatic heterocycles. The van der Waals surface area contributed by atoms with E-state index in [0.717, 1.165) is 34.0 Å². The van der Waals surface area contributed by atoms with Crippen LogP contribution in [0.25, 0.3) is 0 Å². The minimum absolute atomic E-state index is 0.410. The molecule has 2 heteroatoms. The number of benzene rings is 1. The highest BCUT2D eigenvalue weighted by atomic mass is 79.9. The van der Waals surface area contributed by atoms with Gasteiger partial charge in [0.2, 0.25) is 0 Å². The highest BCUT2D eigenvalue weighted by Gasteiger charge is 2.33. The molecule has 0 spiro atoms. The molecular weight excluding hydrogens is 312 g/mol. The molecule has 0 bridgehead atoms. The molecule has 0 saturated carbocycles. The van der Waals surface area contributed by atoms with Crippen LogP contribution in [0, 0.1) is 0 Å². The van der Waals surface area contributed by atoms with Gasteiger partial charge in [0.15, 0.2) is 0 Å². The smallest absolute Gasteiger partial charge is 0.101 e. The van der Waals surface area contributed by atoms with Crippen molar-refractivity contribution in [3.05, 3.63) is 71.3 Å². The summed E-state index contributed by atoms with van der Waals surface area (Å²) in [6.07, 6.45) is 3.33. The Morgan fingerprint density at radius 2 is 1.65 bits per heavy atom. The maximum Gasteiger partial charge on any atom is 0.101 e. The summed E-state index contributed by atoms with van der Waals surface area (Å²) in [5, 5.41) is 0. The summed E-state index contributed by atoms with van der Waals surface area (Å²) >= 11 is 3.47. The zero-order valence-corrected chi connectivity index (χ0v) is 14.0. The number of hydrogen-bond donors (Lipinski definition) is 0. The van der Waals surface area contributed by atoms with Crippen LogP contribution in [0.2, 0.25) is 0 Å². The fourth-order valence-electron chi connectivity index (χ4n) is 2.40. The van der Waals surface area contributed by atoms with Crippen molar-refractivity contribution in [1.29, 1.82) is 0 Å². The standard InChI is InChI=1S/C18H23BrO/c1-6-11-20-18(12-14(2)3,13-15(4)5)16-7-9-17(19)10-8-16/h6-10H,1-2,4,11-13H2,3,5H3. The lowest BCUT2D eigenvalue weighted by Crippen LogP contribution is -2.31.